The molecule has 0 atom stereocenters. The maximum absolute atomic E-state index is 11.8. The highest BCUT2D eigenvalue weighted by Gasteiger charge is 2.11. The number of carbonyl (C=O) groups excluding carboxylic acids is 4. The van der Waals surface area contributed by atoms with E-state index in [0.717, 1.165) is 0 Å². The molecule has 148 valence electrons. The number of hydrogen-bond acceptors (Lipinski definition) is 7. The molecule has 0 radical (unpaired) electrons. The molecular weight excluding hydrogens is 382 g/mol. The van der Waals surface area contributed by atoms with Gasteiger partial charge in [-0.15, -0.1) is 11.3 Å². The van der Waals surface area contributed by atoms with Gasteiger partial charge in [0.15, 0.2) is 5.78 Å². The second-order valence-corrected chi connectivity index (χ2v) is 6.80. The Hall–Kier alpha value is -3.00. The van der Waals surface area contributed by atoms with Crippen molar-refractivity contribution in [2.24, 2.45) is 0 Å². The molecule has 1 N–H and O–H groups in total. The van der Waals surface area contributed by atoms with E-state index >= 15 is 0 Å². The molecule has 2 aromatic rings. The number of ether oxygens (including phenoxy) is 2. The van der Waals surface area contributed by atoms with E-state index in [1.165, 1.54) is 18.4 Å². The topological polar surface area (TPSA) is 98.8 Å². The molecule has 1 aromatic heterocycles. The summed E-state index contributed by atoms with van der Waals surface area (Å²) in [6.45, 7) is 0.153. The quantitative estimate of drug-likeness (QED) is 0.484. The van der Waals surface area contributed by atoms with Crippen LogP contribution in [0, 0.1) is 0 Å². The Morgan fingerprint density at radius 2 is 1.86 bits per heavy atom. The minimum atomic E-state index is -0.474. The maximum Gasteiger partial charge on any atom is 0.337 e. The smallest absolute Gasteiger partial charge is 0.337 e. The molecule has 0 aliphatic carbocycles. The number of ketones is 1. The van der Waals surface area contributed by atoms with Gasteiger partial charge in [0.1, 0.15) is 6.61 Å². The molecule has 1 heterocycles. The van der Waals surface area contributed by atoms with Gasteiger partial charge in [-0.05, 0) is 29.1 Å². The monoisotopic (exact) mass is 403 g/mol. The summed E-state index contributed by atoms with van der Waals surface area (Å²) in [7, 11) is 1.29. The molecule has 7 nitrogen and oxygen atoms in total. The van der Waals surface area contributed by atoms with Crippen LogP contribution in [0.4, 0.5) is 0 Å². The number of carbonyl (C=O) groups is 4. The number of esters is 2. The van der Waals surface area contributed by atoms with Crippen LogP contribution in [0.2, 0.25) is 0 Å². The molecule has 28 heavy (non-hydrogen) atoms. The van der Waals surface area contributed by atoms with Gasteiger partial charge in [0, 0.05) is 19.4 Å². The van der Waals surface area contributed by atoms with E-state index in [2.05, 4.69) is 10.1 Å². The Kier molecular flexibility index (Phi) is 8.36. The predicted molar refractivity (Wildman–Crippen MR) is 103 cm³/mol. The summed E-state index contributed by atoms with van der Waals surface area (Å²) in [6, 6.07) is 10.1. The van der Waals surface area contributed by atoms with E-state index in [1.54, 1.807) is 36.4 Å². The summed E-state index contributed by atoms with van der Waals surface area (Å²) < 4.78 is 9.77. The van der Waals surface area contributed by atoms with Crippen LogP contribution >= 0.6 is 11.3 Å². The third-order valence-electron chi connectivity index (χ3n) is 3.77. The van der Waals surface area contributed by atoms with Gasteiger partial charge in [-0.2, -0.15) is 0 Å². The lowest BCUT2D eigenvalue weighted by Gasteiger charge is -2.07. The molecule has 0 spiro atoms. The van der Waals surface area contributed by atoms with Gasteiger partial charge in [-0.25, -0.2) is 4.79 Å². The van der Waals surface area contributed by atoms with E-state index in [9.17, 15) is 19.2 Å². The van der Waals surface area contributed by atoms with Crippen LogP contribution < -0.4 is 5.32 Å². The van der Waals surface area contributed by atoms with Gasteiger partial charge >= 0.3 is 11.9 Å². The van der Waals surface area contributed by atoms with Crippen LogP contribution in [0.5, 0.6) is 0 Å². The Morgan fingerprint density at radius 3 is 2.57 bits per heavy atom. The van der Waals surface area contributed by atoms with Gasteiger partial charge in [0.05, 0.1) is 24.0 Å². The van der Waals surface area contributed by atoms with Crippen LogP contribution in [0.1, 0.15) is 44.9 Å². The summed E-state index contributed by atoms with van der Waals surface area (Å²) in [5.41, 5.74) is 1.03. The van der Waals surface area contributed by atoms with Gasteiger partial charge in [0.25, 0.3) is 0 Å². The lowest BCUT2D eigenvalue weighted by molar-refractivity contribution is -0.144. The van der Waals surface area contributed by atoms with Crippen LogP contribution in [0.15, 0.2) is 41.8 Å². The van der Waals surface area contributed by atoms with Crippen molar-refractivity contribution in [2.45, 2.75) is 25.9 Å². The van der Waals surface area contributed by atoms with Crippen LogP contribution in [0.25, 0.3) is 0 Å². The van der Waals surface area contributed by atoms with Gasteiger partial charge < -0.3 is 14.8 Å². The van der Waals surface area contributed by atoms with Crippen molar-refractivity contribution in [3.63, 3.8) is 0 Å². The van der Waals surface area contributed by atoms with Crippen molar-refractivity contribution in [3.05, 3.63) is 57.8 Å². The molecule has 0 saturated heterocycles. The second-order valence-electron chi connectivity index (χ2n) is 5.85. The van der Waals surface area contributed by atoms with E-state index < -0.39 is 11.9 Å². The third-order valence-corrected chi connectivity index (χ3v) is 4.69. The average molecular weight is 403 g/mol. The molecule has 0 aliphatic rings. The number of hydrogen-bond donors (Lipinski definition) is 1. The number of rotatable bonds is 10. The number of thiophene rings is 1. The van der Waals surface area contributed by atoms with E-state index in [4.69, 9.17) is 4.74 Å². The first-order valence-electron chi connectivity index (χ1n) is 8.66. The van der Waals surface area contributed by atoms with Gasteiger partial charge in [0.2, 0.25) is 5.91 Å². The molecule has 0 aliphatic heterocycles. The van der Waals surface area contributed by atoms with E-state index in [1.807, 2.05) is 5.38 Å². The number of amides is 1. The largest absolute Gasteiger partial charge is 0.465 e. The normalized spacial score (nSPS) is 10.2. The zero-order chi connectivity index (χ0) is 20.4. The SMILES string of the molecule is COC(=O)c1cccc(COC(=O)CCNC(=O)CCC(=O)c2cccs2)c1. The number of nitrogens with one attached hydrogen (secondary N) is 1. The van der Waals surface area contributed by atoms with E-state index in [-0.39, 0.29) is 44.1 Å². The average Bonchev–Trinajstić information content (AvgIpc) is 3.25. The fourth-order valence-electron chi connectivity index (χ4n) is 2.32. The third kappa shape index (κ3) is 6.96. The van der Waals surface area contributed by atoms with Crippen molar-refractivity contribution in [2.75, 3.05) is 13.7 Å². The molecule has 1 amide bonds. The first-order chi connectivity index (χ1) is 13.5. The lowest BCUT2D eigenvalue weighted by atomic mass is 10.1. The number of benzene rings is 1. The van der Waals surface area contributed by atoms with Crippen molar-refractivity contribution >= 4 is 35.0 Å². The molecule has 8 heteroatoms. The van der Waals surface area contributed by atoms with Crippen molar-refractivity contribution < 1.29 is 28.7 Å². The fourth-order valence-corrected chi connectivity index (χ4v) is 3.02. The van der Waals surface area contributed by atoms with Crippen molar-refractivity contribution in [3.8, 4) is 0 Å². The Bertz CT molecular complexity index is 831. The number of methoxy groups -OCH3 is 1. The number of Topliss-reactive ketones (excluding diaryl/α,β-unsaturated/α-hetero) is 1. The molecule has 2 rings (SSSR count). The summed E-state index contributed by atoms with van der Waals surface area (Å²) >= 11 is 1.34. The molecular formula is C20H21NO6S. The zero-order valence-electron chi connectivity index (χ0n) is 15.4. The first-order valence-corrected chi connectivity index (χ1v) is 9.54. The summed E-state index contributed by atoms with van der Waals surface area (Å²) in [5, 5.41) is 4.40. The highest BCUT2D eigenvalue weighted by molar-refractivity contribution is 7.12. The van der Waals surface area contributed by atoms with Crippen molar-refractivity contribution in [1.29, 1.82) is 0 Å². The fraction of sp³-hybridized carbons (Fsp3) is 0.300. The van der Waals surface area contributed by atoms with Gasteiger partial charge in [-0.1, -0.05) is 18.2 Å². The Balaban J connectivity index is 1.64. The summed E-state index contributed by atoms with van der Waals surface area (Å²) in [5.74, 6) is -1.30. The summed E-state index contributed by atoms with van der Waals surface area (Å²) in [6.07, 6.45) is 0.223. The molecule has 1 aromatic carbocycles. The molecule has 0 saturated carbocycles. The van der Waals surface area contributed by atoms with Crippen LogP contribution in [-0.2, 0) is 25.7 Å². The highest BCUT2D eigenvalue weighted by atomic mass is 32.1. The first kappa shape index (κ1) is 21.3. The zero-order valence-corrected chi connectivity index (χ0v) is 16.3. The van der Waals surface area contributed by atoms with Crippen LogP contribution in [0.3, 0.4) is 0 Å². The van der Waals surface area contributed by atoms with Gasteiger partial charge in [-0.3, -0.25) is 14.4 Å². The molecule has 0 fully saturated rings. The minimum Gasteiger partial charge on any atom is -0.465 e. The predicted octanol–water partition coefficient (Wildman–Crippen LogP) is 2.75. The Labute approximate surface area is 166 Å². The lowest BCUT2D eigenvalue weighted by Crippen LogP contribution is -2.26. The van der Waals surface area contributed by atoms with E-state index in [0.29, 0.717) is 16.0 Å². The van der Waals surface area contributed by atoms with Crippen molar-refractivity contribution in [1.82, 2.24) is 5.32 Å². The minimum absolute atomic E-state index is 0.0152. The molecule has 0 unspecified atom stereocenters. The standard InChI is InChI=1S/C20H21NO6S/c1-26-20(25)15-5-2-4-14(12-15)13-27-19(24)9-10-21-18(23)8-7-16(22)17-6-3-11-28-17/h2-6,11-12H,7-10,13H2,1H3,(H,21,23). The Morgan fingerprint density at radius 1 is 1.04 bits per heavy atom. The highest BCUT2D eigenvalue weighted by Crippen LogP contribution is 2.12. The molecule has 0 bridgehead atoms. The van der Waals surface area contributed by atoms with Crippen LogP contribution in [-0.4, -0.2) is 37.3 Å². The summed E-state index contributed by atoms with van der Waals surface area (Å²) in [4.78, 5) is 47.5. The maximum atomic E-state index is 11.8. The second kappa shape index (κ2) is 11.0.